The molecule has 1 aromatic carbocycles. The fraction of sp³-hybridized carbons (Fsp3) is 0.200. The third kappa shape index (κ3) is 2.10. The molecule has 1 N–H and O–H groups in total. The van der Waals surface area contributed by atoms with Crippen LogP contribution < -0.4 is 0 Å². The molecular weight excluding hydrogens is 136 g/mol. The minimum atomic E-state index is 0.190. The predicted molar refractivity (Wildman–Crippen MR) is 45.2 cm³/mol. The average molecular weight is 146 g/mol. The van der Waals surface area contributed by atoms with Crippen LogP contribution in [0.15, 0.2) is 24.3 Å². The van der Waals surface area contributed by atoms with Gasteiger partial charge >= 0.3 is 0 Å². The van der Waals surface area contributed by atoms with Gasteiger partial charge < -0.3 is 5.11 Å². The molecule has 0 heterocycles. The molecule has 0 fully saturated rings. The molecule has 1 aromatic rings. The van der Waals surface area contributed by atoms with Crippen LogP contribution in [0.3, 0.4) is 0 Å². The van der Waals surface area contributed by atoms with E-state index in [2.05, 4.69) is 5.92 Å². The topological polar surface area (TPSA) is 20.2 Å². The molecule has 0 aromatic heterocycles. The van der Waals surface area contributed by atoms with Gasteiger partial charge in [-0.2, -0.15) is 0 Å². The predicted octanol–water partition coefficient (Wildman–Crippen LogP) is 1.20. The molecule has 0 atom stereocenters. The first-order chi connectivity index (χ1) is 5.36. The fourth-order valence-electron chi connectivity index (χ4n) is 0.897. The van der Waals surface area contributed by atoms with Crippen molar-refractivity contribution < 1.29 is 5.11 Å². The molecule has 0 aliphatic heterocycles. The number of benzene rings is 1. The second-order valence-corrected chi connectivity index (χ2v) is 2.31. The first kappa shape index (κ1) is 7.84. The van der Waals surface area contributed by atoms with Gasteiger partial charge in [0.05, 0.1) is 0 Å². The quantitative estimate of drug-likeness (QED) is 0.622. The number of rotatable bonds is 2. The lowest BCUT2D eigenvalue weighted by atomic mass is 10.1. The molecule has 0 spiro atoms. The summed E-state index contributed by atoms with van der Waals surface area (Å²) in [7, 11) is 0. The summed E-state index contributed by atoms with van der Waals surface area (Å²) in [5.41, 5.74) is 2.00. The minimum absolute atomic E-state index is 0.190. The van der Waals surface area contributed by atoms with Gasteiger partial charge in [-0.05, 0) is 24.1 Å². The number of terminal acetylenes is 1. The van der Waals surface area contributed by atoms with Gasteiger partial charge in [-0.3, -0.25) is 0 Å². The Morgan fingerprint density at radius 3 is 2.36 bits per heavy atom. The van der Waals surface area contributed by atoms with Crippen LogP contribution in [0.5, 0.6) is 0 Å². The van der Waals surface area contributed by atoms with E-state index < -0.39 is 0 Å². The van der Waals surface area contributed by atoms with E-state index in [1.165, 1.54) is 0 Å². The first-order valence-corrected chi connectivity index (χ1v) is 3.53. The van der Waals surface area contributed by atoms with Crippen molar-refractivity contribution in [3.63, 3.8) is 0 Å². The van der Waals surface area contributed by atoms with Crippen molar-refractivity contribution in [1.82, 2.24) is 0 Å². The summed E-state index contributed by atoms with van der Waals surface area (Å²) in [5.74, 6) is 2.53. The number of aliphatic hydroxyl groups is 1. The van der Waals surface area contributed by atoms with Crippen molar-refractivity contribution in [2.24, 2.45) is 0 Å². The van der Waals surface area contributed by atoms with E-state index in [0.717, 1.165) is 11.1 Å². The molecule has 1 heteroatoms. The standard InChI is InChI=1S/C10H10O/c1-2-9-3-5-10(6-4-9)7-8-11/h1,3-6,11H,7-8H2. The van der Waals surface area contributed by atoms with Crippen LogP contribution in [0.4, 0.5) is 0 Å². The van der Waals surface area contributed by atoms with Gasteiger partial charge in [-0.15, -0.1) is 6.42 Å². The maximum atomic E-state index is 8.61. The summed E-state index contributed by atoms with van der Waals surface area (Å²) in [6.07, 6.45) is 5.87. The number of hydrogen-bond acceptors (Lipinski definition) is 1. The van der Waals surface area contributed by atoms with Crippen LogP contribution in [0, 0.1) is 12.3 Å². The normalized spacial score (nSPS) is 9.09. The van der Waals surface area contributed by atoms with E-state index in [9.17, 15) is 0 Å². The van der Waals surface area contributed by atoms with Crippen LogP contribution in [-0.2, 0) is 6.42 Å². The van der Waals surface area contributed by atoms with Crippen molar-refractivity contribution in [3.8, 4) is 12.3 Å². The summed E-state index contributed by atoms with van der Waals surface area (Å²) in [5, 5.41) is 8.61. The maximum Gasteiger partial charge on any atom is 0.0471 e. The monoisotopic (exact) mass is 146 g/mol. The molecule has 56 valence electrons. The molecule has 0 unspecified atom stereocenters. The lowest BCUT2D eigenvalue weighted by Gasteiger charge is -1.96. The molecule has 0 saturated heterocycles. The largest absolute Gasteiger partial charge is 0.396 e. The van der Waals surface area contributed by atoms with E-state index in [0.29, 0.717) is 6.42 Å². The highest BCUT2D eigenvalue weighted by Gasteiger charge is 1.90. The van der Waals surface area contributed by atoms with E-state index >= 15 is 0 Å². The van der Waals surface area contributed by atoms with Gasteiger partial charge in [-0.1, -0.05) is 18.1 Å². The summed E-state index contributed by atoms with van der Waals surface area (Å²) >= 11 is 0. The lowest BCUT2D eigenvalue weighted by molar-refractivity contribution is 0.299. The second kappa shape index (κ2) is 3.80. The highest BCUT2D eigenvalue weighted by Crippen LogP contribution is 2.02. The Morgan fingerprint density at radius 2 is 1.91 bits per heavy atom. The van der Waals surface area contributed by atoms with Gasteiger partial charge in [0, 0.05) is 12.2 Å². The summed E-state index contributed by atoms with van der Waals surface area (Å²) in [6, 6.07) is 7.63. The fourth-order valence-corrected chi connectivity index (χ4v) is 0.897. The van der Waals surface area contributed by atoms with Gasteiger partial charge in [0.25, 0.3) is 0 Å². The minimum Gasteiger partial charge on any atom is -0.396 e. The third-order valence-corrected chi connectivity index (χ3v) is 1.52. The zero-order valence-corrected chi connectivity index (χ0v) is 6.25. The van der Waals surface area contributed by atoms with E-state index in [1.807, 2.05) is 24.3 Å². The molecule has 0 amide bonds. The highest BCUT2D eigenvalue weighted by atomic mass is 16.2. The Morgan fingerprint density at radius 1 is 1.27 bits per heavy atom. The highest BCUT2D eigenvalue weighted by molar-refractivity contribution is 5.34. The van der Waals surface area contributed by atoms with Gasteiger partial charge in [0.2, 0.25) is 0 Å². The number of aliphatic hydroxyl groups excluding tert-OH is 1. The van der Waals surface area contributed by atoms with Crippen LogP contribution in [0.25, 0.3) is 0 Å². The number of hydrogen-bond donors (Lipinski definition) is 1. The Balaban J connectivity index is 2.76. The van der Waals surface area contributed by atoms with Gasteiger partial charge in [-0.25, -0.2) is 0 Å². The van der Waals surface area contributed by atoms with Crippen molar-refractivity contribution in [2.75, 3.05) is 6.61 Å². The lowest BCUT2D eigenvalue weighted by Crippen LogP contribution is -1.89. The van der Waals surface area contributed by atoms with Crippen molar-refractivity contribution in [3.05, 3.63) is 35.4 Å². The molecule has 1 rings (SSSR count). The Labute approximate surface area is 66.7 Å². The van der Waals surface area contributed by atoms with Crippen LogP contribution in [0.1, 0.15) is 11.1 Å². The van der Waals surface area contributed by atoms with E-state index in [1.54, 1.807) is 0 Å². The molecule has 0 saturated carbocycles. The molecule has 0 aliphatic rings. The van der Waals surface area contributed by atoms with Gasteiger partial charge in [0.1, 0.15) is 0 Å². The van der Waals surface area contributed by atoms with Gasteiger partial charge in [0.15, 0.2) is 0 Å². The zero-order chi connectivity index (χ0) is 8.10. The van der Waals surface area contributed by atoms with Crippen LogP contribution in [-0.4, -0.2) is 11.7 Å². The molecule has 0 radical (unpaired) electrons. The molecule has 0 aliphatic carbocycles. The molecular formula is C10H10O. The smallest absolute Gasteiger partial charge is 0.0471 e. The van der Waals surface area contributed by atoms with Crippen molar-refractivity contribution in [2.45, 2.75) is 6.42 Å². The first-order valence-electron chi connectivity index (χ1n) is 3.53. The Kier molecular flexibility index (Phi) is 2.71. The summed E-state index contributed by atoms with van der Waals surface area (Å²) < 4.78 is 0. The second-order valence-electron chi connectivity index (χ2n) is 2.31. The summed E-state index contributed by atoms with van der Waals surface area (Å²) in [6.45, 7) is 0.190. The SMILES string of the molecule is C#Cc1ccc(CCO)cc1. The maximum absolute atomic E-state index is 8.61. The van der Waals surface area contributed by atoms with Crippen LogP contribution in [0.2, 0.25) is 0 Å². The van der Waals surface area contributed by atoms with E-state index in [4.69, 9.17) is 11.5 Å². The van der Waals surface area contributed by atoms with Crippen molar-refractivity contribution >= 4 is 0 Å². The Bertz CT molecular complexity index is 253. The van der Waals surface area contributed by atoms with E-state index in [-0.39, 0.29) is 6.61 Å². The third-order valence-electron chi connectivity index (χ3n) is 1.52. The Hall–Kier alpha value is -1.26. The summed E-state index contributed by atoms with van der Waals surface area (Å²) in [4.78, 5) is 0. The molecule has 0 bridgehead atoms. The zero-order valence-electron chi connectivity index (χ0n) is 6.25. The molecule has 11 heavy (non-hydrogen) atoms. The van der Waals surface area contributed by atoms with Crippen molar-refractivity contribution in [1.29, 1.82) is 0 Å². The average Bonchev–Trinajstić information content (AvgIpc) is 2.07. The van der Waals surface area contributed by atoms with Crippen LogP contribution >= 0.6 is 0 Å². The molecule has 1 nitrogen and oxygen atoms in total.